The standard InChI is InChI=1S/C24H33N7O/c32-21-9-7-8-19-15-20-14-18(16-30(19)21)17-31(20)24-26-22(28-10-3-1-4-11-28)25-23(27-24)29-12-5-2-6-13-29/h7-9,18,20H,1-6,10-17H2/t18-,20+/m0/s1. The third kappa shape index (κ3) is 3.73. The van der Waals surface area contributed by atoms with Crippen LogP contribution < -0.4 is 20.3 Å². The lowest BCUT2D eigenvalue weighted by Crippen LogP contribution is -2.39. The lowest BCUT2D eigenvalue weighted by Gasteiger charge is -2.32. The van der Waals surface area contributed by atoms with Crippen LogP contribution in [0.15, 0.2) is 23.0 Å². The Bertz CT molecular complexity index is 989. The third-order valence-electron chi connectivity index (χ3n) is 7.66. The minimum atomic E-state index is 0.126. The zero-order valence-corrected chi connectivity index (χ0v) is 18.8. The largest absolute Gasteiger partial charge is 0.341 e. The Morgan fingerprint density at radius 1 is 0.750 bits per heavy atom. The Morgan fingerprint density at radius 3 is 2.03 bits per heavy atom. The highest BCUT2D eigenvalue weighted by atomic mass is 16.1. The highest BCUT2D eigenvalue weighted by Gasteiger charge is 2.38. The van der Waals surface area contributed by atoms with Crippen LogP contribution in [0.3, 0.4) is 0 Å². The summed E-state index contributed by atoms with van der Waals surface area (Å²) in [5, 5.41) is 0. The minimum Gasteiger partial charge on any atom is -0.341 e. The maximum absolute atomic E-state index is 12.4. The van der Waals surface area contributed by atoms with E-state index in [1.807, 2.05) is 10.6 Å². The van der Waals surface area contributed by atoms with Gasteiger partial charge in [0.1, 0.15) is 0 Å². The summed E-state index contributed by atoms with van der Waals surface area (Å²) in [5.74, 6) is 2.99. The summed E-state index contributed by atoms with van der Waals surface area (Å²) in [5.41, 5.74) is 1.26. The van der Waals surface area contributed by atoms with Gasteiger partial charge < -0.3 is 19.3 Å². The van der Waals surface area contributed by atoms with Gasteiger partial charge in [0.2, 0.25) is 17.8 Å². The number of hydrogen-bond donors (Lipinski definition) is 0. The maximum Gasteiger partial charge on any atom is 0.250 e. The molecule has 2 aromatic heterocycles. The Kier molecular flexibility index (Phi) is 5.23. The number of fused-ring (bicyclic) bond motifs is 3. The fourth-order valence-corrected chi connectivity index (χ4v) is 5.98. The fraction of sp³-hybridized carbons (Fsp3) is 0.667. The average molecular weight is 436 g/mol. The number of piperidine rings is 2. The summed E-state index contributed by atoms with van der Waals surface area (Å²) in [6.07, 6.45) is 9.38. The molecule has 0 aliphatic carbocycles. The molecule has 8 nitrogen and oxygen atoms in total. The number of rotatable bonds is 3. The van der Waals surface area contributed by atoms with Crippen LogP contribution in [0.2, 0.25) is 0 Å². The molecule has 0 unspecified atom stereocenters. The molecule has 2 bridgehead atoms. The van der Waals surface area contributed by atoms with Crippen LogP contribution >= 0.6 is 0 Å². The fourth-order valence-electron chi connectivity index (χ4n) is 5.98. The zero-order valence-electron chi connectivity index (χ0n) is 18.8. The Labute approximate surface area is 189 Å². The van der Waals surface area contributed by atoms with E-state index < -0.39 is 0 Å². The molecule has 8 heteroatoms. The van der Waals surface area contributed by atoms with Crippen molar-refractivity contribution in [3.05, 3.63) is 34.2 Å². The number of nitrogens with zero attached hydrogens (tertiary/aromatic N) is 7. The van der Waals surface area contributed by atoms with E-state index in [1.165, 1.54) is 38.5 Å². The number of pyridine rings is 1. The first-order chi connectivity index (χ1) is 15.7. The second-order valence-corrected chi connectivity index (χ2v) is 9.91. The van der Waals surface area contributed by atoms with Gasteiger partial charge in [-0.2, -0.15) is 15.0 Å². The predicted molar refractivity (Wildman–Crippen MR) is 126 cm³/mol. The third-order valence-corrected chi connectivity index (χ3v) is 7.66. The molecule has 32 heavy (non-hydrogen) atoms. The Hall–Kier alpha value is -2.64. The predicted octanol–water partition coefficient (Wildman–Crippen LogP) is 2.47. The summed E-state index contributed by atoms with van der Waals surface area (Å²) in [6.45, 7) is 5.84. The van der Waals surface area contributed by atoms with E-state index in [2.05, 4.69) is 20.8 Å². The highest BCUT2D eigenvalue weighted by molar-refractivity contribution is 5.48. The van der Waals surface area contributed by atoms with Crippen LogP contribution in [0, 0.1) is 5.92 Å². The lowest BCUT2D eigenvalue weighted by atomic mass is 10.1. The molecule has 2 atom stereocenters. The van der Waals surface area contributed by atoms with Gasteiger partial charge in [0.15, 0.2) is 0 Å². The van der Waals surface area contributed by atoms with Crippen molar-refractivity contribution in [1.29, 1.82) is 0 Å². The SMILES string of the molecule is O=c1cccc2n1C[C@@H]1C[C@H](C2)N(c2nc(N3CCCCC3)nc(N3CCCCC3)n2)C1. The smallest absolute Gasteiger partial charge is 0.250 e. The van der Waals surface area contributed by atoms with Gasteiger partial charge in [-0.05, 0) is 56.9 Å². The summed E-state index contributed by atoms with van der Waals surface area (Å²) in [4.78, 5) is 34.5. The molecule has 4 aliphatic rings. The van der Waals surface area contributed by atoms with Crippen molar-refractivity contribution in [3.8, 4) is 0 Å². The number of anilines is 3. The molecule has 170 valence electrons. The van der Waals surface area contributed by atoms with Gasteiger partial charge in [-0.1, -0.05) is 6.07 Å². The first kappa shape index (κ1) is 20.0. The molecule has 3 saturated heterocycles. The van der Waals surface area contributed by atoms with E-state index >= 15 is 0 Å². The topological polar surface area (TPSA) is 70.4 Å². The van der Waals surface area contributed by atoms with Crippen molar-refractivity contribution in [2.24, 2.45) is 5.92 Å². The molecular formula is C24H33N7O. The van der Waals surface area contributed by atoms with Crippen LogP contribution in [-0.4, -0.2) is 58.3 Å². The zero-order chi connectivity index (χ0) is 21.5. The molecule has 6 heterocycles. The minimum absolute atomic E-state index is 0.126. The molecule has 4 aliphatic heterocycles. The van der Waals surface area contributed by atoms with Crippen molar-refractivity contribution in [2.45, 2.75) is 64.0 Å². The second-order valence-electron chi connectivity index (χ2n) is 9.91. The van der Waals surface area contributed by atoms with Crippen molar-refractivity contribution >= 4 is 17.8 Å². The summed E-state index contributed by atoms with van der Waals surface area (Å²) in [7, 11) is 0. The van der Waals surface area contributed by atoms with Crippen LogP contribution in [0.1, 0.15) is 50.6 Å². The summed E-state index contributed by atoms with van der Waals surface area (Å²) in [6, 6.07) is 6.01. The van der Waals surface area contributed by atoms with Gasteiger partial charge in [-0.3, -0.25) is 4.79 Å². The van der Waals surface area contributed by atoms with Gasteiger partial charge in [-0.25, -0.2) is 0 Å². The first-order valence-corrected chi connectivity index (χ1v) is 12.5. The van der Waals surface area contributed by atoms with Crippen molar-refractivity contribution in [2.75, 3.05) is 47.4 Å². The molecular weight excluding hydrogens is 402 g/mol. The van der Waals surface area contributed by atoms with E-state index in [0.29, 0.717) is 12.0 Å². The quantitative estimate of drug-likeness (QED) is 0.733. The van der Waals surface area contributed by atoms with Crippen molar-refractivity contribution in [3.63, 3.8) is 0 Å². The van der Waals surface area contributed by atoms with Crippen molar-refractivity contribution in [1.82, 2.24) is 19.5 Å². The van der Waals surface area contributed by atoms with E-state index in [9.17, 15) is 4.79 Å². The first-order valence-electron chi connectivity index (χ1n) is 12.5. The highest BCUT2D eigenvalue weighted by Crippen LogP contribution is 2.34. The maximum atomic E-state index is 12.4. The van der Waals surface area contributed by atoms with Gasteiger partial charge in [-0.15, -0.1) is 0 Å². The van der Waals surface area contributed by atoms with Gasteiger partial charge in [0, 0.05) is 63.5 Å². The molecule has 0 amide bonds. The molecule has 0 radical (unpaired) electrons. The molecule has 3 fully saturated rings. The Morgan fingerprint density at radius 2 is 1.38 bits per heavy atom. The molecule has 0 N–H and O–H groups in total. The molecule has 2 aromatic rings. The second kappa shape index (κ2) is 8.37. The normalized spacial score (nSPS) is 25.6. The van der Waals surface area contributed by atoms with Crippen LogP contribution in [0.4, 0.5) is 17.8 Å². The Balaban J connectivity index is 1.35. The lowest BCUT2D eigenvalue weighted by molar-refractivity contribution is 0.477. The average Bonchev–Trinajstić information content (AvgIpc) is 3.13. The van der Waals surface area contributed by atoms with E-state index in [4.69, 9.17) is 15.0 Å². The summed E-state index contributed by atoms with van der Waals surface area (Å²) >= 11 is 0. The molecule has 0 aromatic carbocycles. The number of aromatic nitrogens is 4. The molecule has 6 rings (SSSR count). The van der Waals surface area contributed by atoms with Crippen molar-refractivity contribution < 1.29 is 0 Å². The monoisotopic (exact) mass is 435 g/mol. The van der Waals surface area contributed by atoms with E-state index in [1.54, 1.807) is 6.07 Å². The molecule has 0 saturated carbocycles. The van der Waals surface area contributed by atoms with Crippen LogP contribution in [0.5, 0.6) is 0 Å². The van der Waals surface area contributed by atoms with E-state index in [-0.39, 0.29) is 5.56 Å². The van der Waals surface area contributed by atoms with E-state index in [0.717, 1.165) is 75.6 Å². The van der Waals surface area contributed by atoms with Gasteiger partial charge in [0.05, 0.1) is 0 Å². The molecule has 0 spiro atoms. The number of hydrogen-bond acceptors (Lipinski definition) is 7. The summed E-state index contributed by atoms with van der Waals surface area (Å²) < 4.78 is 1.98. The van der Waals surface area contributed by atoms with Crippen LogP contribution in [0.25, 0.3) is 0 Å². The van der Waals surface area contributed by atoms with Gasteiger partial charge in [0.25, 0.3) is 5.56 Å². The van der Waals surface area contributed by atoms with Gasteiger partial charge >= 0.3 is 0 Å². The van der Waals surface area contributed by atoms with Crippen LogP contribution in [-0.2, 0) is 13.0 Å².